The number of likely N-dealkylation sites (tertiary alicyclic amines) is 1. The van der Waals surface area contributed by atoms with E-state index in [1.807, 2.05) is 24.3 Å². The van der Waals surface area contributed by atoms with E-state index in [1.165, 1.54) is 18.4 Å². The number of benzene rings is 2. The standard InChI is InChI=1S/C25H27NO2/c1-25(2)19(17-10-4-3-5-11-17)16-21-22(24(25)26-14-8-9-15-26)23(27)18-12-6-7-13-20(18)28-21/h3-7,10-13,19,24H,8-9,14-16H2,1-2H3/t19-,24-/m1/s1. The highest BCUT2D eigenvalue weighted by atomic mass is 16.3. The van der Waals surface area contributed by atoms with Crippen molar-refractivity contribution in [1.29, 1.82) is 0 Å². The third-order valence-electron chi connectivity index (χ3n) is 6.88. The lowest BCUT2D eigenvalue weighted by molar-refractivity contribution is 0.0649. The van der Waals surface area contributed by atoms with Crippen LogP contribution in [0.25, 0.3) is 11.0 Å². The van der Waals surface area contributed by atoms with Crippen LogP contribution in [0.5, 0.6) is 0 Å². The first-order valence-electron chi connectivity index (χ1n) is 10.4. The first-order valence-corrected chi connectivity index (χ1v) is 10.4. The summed E-state index contributed by atoms with van der Waals surface area (Å²) in [4.78, 5) is 16.1. The molecule has 2 atom stereocenters. The van der Waals surface area contributed by atoms with Gasteiger partial charge in [0.2, 0.25) is 0 Å². The van der Waals surface area contributed by atoms with Crippen molar-refractivity contribution < 1.29 is 4.42 Å². The van der Waals surface area contributed by atoms with Gasteiger partial charge in [0.1, 0.15) is 11.3 Å². The van der Waals surface area contributed by atoms with Crippen molar-refractivity contribution in [3.8, 4) is 0 Å². The molecule has 0 saturated carbocycles. The Morgan fingerprint density at radius 2 is 1.64 bits per heavy atom. The first kappa shape index (κ1) is 17.7. The van der Waals surface area contributed by atoms with Crippen LogP contribution in [0.15, 0.2) is 63.8 Å². The monoisotopic (exact) mass is 373 g/mol. The Balaban J connectivity index is 1.76. The van der Waals surface area contributed by atoms with E-state index in [4.69, 9.17) is 4.42 Å². The van der Waals surface area contributed by atoms with Gasteiger partial charge in [-0.15, -0.1) is 0 Å². The van der Waals surface area contributed by atoms with Crippen LogP contribution in [0, 0.1) is 5.41 Å². The molecule has 1 aromatic heterocycles. The van der Waals surface area contributed by atoms with Crippen LogP contribution < -0.4 is 5.43 Å². The second kappa shape index (κ2) is 6.59. The SMILES string of the molecule is CC1(C)[C@@H](c2ccccc2)Cc2oc3ccccc3c(=O)c2[C@H]1N1CCCC1. The van der Waals surface area contributed by atoms with Crippen molar-refractivity contribution >= 4 is 11.0 Å². The van der Waals surface area contributed by atoms with E-state index in [-0.39, 0.29) is 16.9 Å². The lowest BCUT2D eigenvalue weighted by Gasteiger charge is -2.49. The van der Waals surface area contributed by atoms with E-state index in [1.54, 1.807) is 0 Å². The Morgan fingerprint density at radius 1 is 0.964 bits per heavy atom. The van der Waals surface area contributed by atoms with Crippen molar-refractivity contribution in [2.75, 3.05) is 13.1 Å². The maximum absolute atomic E-state index is 13.6. The maximum atomic E-state index is 13.6. The third kappa shape index (κ3) is 2.64. The molecule has 3 heteroatoms. The molecule has 0 unspecified atom stereocenters. The minimum absolute atomic E-state index is 0.0597. The Morgan fingerprint density at radius 3 is 2.39 bits per heavy atom. The second-order valence-corrected chi connectivity index (χ2v) is 8.90. The summed E-state index contributed by atoms with van der Waals surface area (Å²) in [6.07, 6.45) is 3.18. The molecule has 0 spiro atoms. The fourth-order valence-corrected chi connectivity index (χ4v) is 5.53. The minimum atomic E-state index is -0.0597. The number of hydrogen-bond acceptors (Lipinski definition) is 3. The Bertz CT molecular complexity index is 1060. The van der Waals surface area contributed by atoms with Gasteiger partial charge in [-0.1, -0.05) is 56.3 Å². The minimum Gasteiger partial charge on any atom is -0.460 e. The van der Waals surface area contributed by atoms with Crippen molar-refractivity contribution in [3.63, 3.8) is 0 Å². The summed E-state index contributed by atoms with van der Waals surface area (Å²) >= 11 is 0. The van der Waals surface area contributed by atoms with Crippen molar-refractivity contribution in [2.24, 2.45) is 5.41 Å². The smallest absolute Gasteiger partial charge is 0.197 e. The fraction of sp³-hybridized carbons (Fsp3) is 0.400. The molecule has 2 aliphatic rings. The summed E-state index contributed by atoms with van der Waals surface area (Å²) in [6, 6.07) is 18.5. The van der Waals surface area contributed by atoms with Gasteiger partial charge in [0.15, 0.2) is 5.43 Å². The molecule has 1 aliphatic carbocycles. The Hall–Kier alpha value is -2.39. The Kier molecular flexibility index (Phi) is 4.17. The molecule has 0 radical (unpaired) electrons. The third-order valence-corrected chi connectivity index (χ3v) is 6.88. The van der Waals surface area contributed by atoms with Crippen LogP contribution in [0.3, 0.4) is 0 Å². The predicted molar refractivity (Wildman–Crippen MR) is 113 cm³/mol. The fourth-order valence-electron chi connectivity index (χ4n) is 5.53. The highest BCUT2D eigenvalue weighted by Gasteiger charge is 2.49. The molecule has 1 aliphatic heterocycles. The molecule has 5 rings (SSSR count). The predicted octanol–water partition coefficient (Wildman–Crippen LogP) is 5.30. The number of para-hydroxylation sites is 1. The van der Waals surface area contributed by atoms with Crippen LogP contribution >= 0.6 is 0 Å². The summed E-state index contributed by atoms with van der Waals surface area (Å²) < 4.78 is 6.37. The van der Waals surface area contributed by atoms with Crippen LogP contribution in [-0.4, -0.2) is 18.0 Å². The summed E-state index contributed by atoms with van der Waals surface area (Å²) in [7, 11) is 0. The van der Waals surface area contributed by atoms with E-state index in [9.17, 15) is 4.79 Å². The van der Waals surface area contributed by atoms with Gasteiger partial charge in [-0.2, -0.15) is 0 Å². The van der Waals surface area contributed by atoms with E-state index >= 15 is 0 Å². The summed E-state index contributed by atoms with van der Waals surface area (Å²) in [5.74, 6) is 1.20. The molecule has 28 heavy (non-hydrogen) atoms. The number of nitrogens with zero attached hydrogens (tertiary/aromatic N) is 1. The molecule has 144 valence electrons. The zero-order valence-corrected chi connectivity index (χ0v) is 16.7. The van der Waals surface area contributed by atoms with Crippen LogP contribution in [0.4, 0.5) is 0 Å². The summed E-state index contributed by atoms with van der Waals surface area (Å²) in [5, 5.41) is 0.708. The van der Waals surface area contributed by atoms with Crippen LogP contribution in [0.1, 0.15) is 55.5 Å². The number of rotatable bonds is 2. The quantitative estimate of drug-likeness (QED) is 0.611. The van der Waals surface area contributed by atoms with E-state index in [2.05, 4.69) is 49.1 Å². The topological polar surface area (TPSA) is 33.5 Å². The number of fused-ring (bicyclic) bond motifs is 2. The van der Waals surface area contributed by atoms with Gasteiger partial charge in [0.05, 0.1) is 10.9 Å². The van der Waals surface area contributed by atoms with Crippen molar-refractivity contribution in [3.05, 3.63) is 81.7 Å². The summed E-state index contributed by atoms with van der Waals surface area (Å²) in [6.45, 7) is 6.79. The highest BCUT2D eigenvalue weighted by Crippen LogP contribution is 2.54. The lowest BCUT2D eigenvalue weighted by atomic mass is 9.62. The molecular formula is C25H27NO2. The van der Waals surface area contributed by atoms with Gasteiger partial charge >= 0.3 is 0 Å². The van der Waals surface area contributed by atoms with Crippen LogP contribution in [0.2, 0.25) is 0 Å². The molecule has 3 aromatic rings. The molecule has 0 amide bonds. The average molecular weight is 373 g/mol. The zero-order valence-electron chi connectivity index (χ0n) is 16.7. The van der Waals surface area contributed by atoms with Crippen molar-refractivity contribution in [1.82, 2.24) is 4.90 Å². The first-order chi connectivity index (χ1) is 13.6. The molecule has 2 heterocycles. The van der Waals surface area contributed by atoms with Gasteiger partial charge in [-0.3, -0.25) is 9.69 Å². The van der Waals surface area contributed by atoms with E-state index < -0.39 is 0 Å². The maximum Gasteiger partial charge on any atom is 0.197 e. The molecule has 0 bridgehead atoms. The Labute approximate surface area is 166 Å². The zero-order chi connectivity index (χ0) is 19.3. The van der Waals surface area contributed by atoms with E-state index in [0.29, 0.717) is 16.9 Å². The average Bonchev–Trinajstić information content (AvgIpc) is 3.23. The lowest BCUT2D eigenvalue weighted by Crippen LogP contribution is -2.46. The van der Waals surface area contributed by atoms with Gasteiger partial charge in [0, 0.05) is 12.5 Å². The molecule has 2 aromatic carbocycles. The highest BCUT2D eigenvalue weighted by molar-refractivity contribution is 5.77. The largest absolute Gasteiger partial charge is 0.460 e. The molecule has 0 N–H and O–H groups in total. The van der Waals surface area contributed by atoms with Gasteiger partial charge in [-0.25, -0.2) is 0 Å². The van der Waals surface area contributed by atoms with Gasteiger partial charge in [0.25, 0.3) is 0 Å². The van der Waals surface area contributed by atoms with Crippen molar-refractivity contribution in [2.45, 2.75) is 45.1 Å². The summed E-state index contributed by atoms with van der Waals surface area (Å²) in [5.41, 5.74) is 3.04. The molecule has 3 nitrogen and oxygen atoms in total. The van der Waals surface area contributed by atoms with Gasteiger partial charge in [-0.05, 0) is 55.0 Å². The van der Waals surface area contributed by atoms with E-state index in [0.717, 1.165) is 30.8 Å². The second-order valence-electron chi connectivity index (χ2n) is 8.90. The molecule has 1 fully saturated rings. The van der Waals surface area contributed by atoms with Gasteiger partial charge < -0.3 is 4.42 Å². The van der Waals surface area contributed by atoms with Crippen LogP contribution in [-0.2, 0) is 6.42 Å². The molecular weight excluding hydrogens is 346 g/mol. The number of hydrogen-bond donors (Lipinski definition) is 0. The normalized spacial score (nSPS) is 24.4. The molecule has 1 saturated heterocycles.